The molecule has 0 aliphatic heterocycles. The van der Waals surface area contributed by atoms with E-state index in [9.17, 15) is 9.18 Å². The molecule has 23 heavy (non-hydrogen) atoms. The Morgan fingerprint density at radius 1 is 1.26 bits per heavy atom. The number of carbonyl (C=O) groups excluding carboxylic acids is 1. The van der Waals surface area contributed by atoms with Gasteiger partial charge in [-0.1, -0.05) is 11.6 Å². The van der Waals surface area contributed by atoms with Crippen LogP contribution in [0.2, 0.25) is 5.02 Å². The van der Waals surface area contributed by atoms with Crippen molar-refractivity contribution in [1.29, 1.82) is 0 Å². The molecule has 0 saturated heterocycles. The van der Waals surface area contributed by atoms with Crippen LogP contribution in [0.1, 0.15) is 11.1 Å². The SMILES string of the molecule is Cc1cc2ncn(CC(=O)Nc3ccc(F)cc3Cl)c2cc1C. The molecule has 6 heteroatoms. The molecule has 0 fully saturated rings. The molecule has 4 nitrogen and oxygen atoms in total. The first kappa shape index (κ1) is 15.5. The molecule has 0 aliphatic rings. The van der Waals surface area contributed by atoms with Gasteiger partial charge in [0.25, 0.3) is 0 Å². The van der Waals surface area contributed by atoms with Crippen LogP contribution < -0.4 is 5.32 Å². The van der Waals surface area contributed by atoms with Crippen molar-refractivity contribution in [1.82, 2.24) is 9.55 Å². The molecule has 3 rings (SSSR count). The van der Waals surface area contributed by atoms with Gasteiger partial charge in [-0.2, -0.15) is 0 Å². The smallest absolute Gasteiger partial charge is 0.244 e. The average molecular weight is 332 g/mol. The summed E-state index contributed by atoms with van der Waals surface area (Å²) in [7, 11) is 0. The molecule has 0 unspecified atom stereocenters. The number of hydrogen-bond donors (Lipinski definition) is 1. The number of nitrogens with zero attached hydrogens (tertiary/aromatic N) is 2. The van der Waals surface area contributed by atoms with E-state index < -0.39 is 5.82 Å². The maximum absolute atomic E-state index is 13.0. The van der Waals surface area contributed by atoms with Crippen LogP contribution in [0.25, 0.3) is 11.0 Å². The number of halogens is 2. The van der Waals surface area contributed by atoms with Crippen LogP contribution in [0.15, 0.2) is 36.7 Å². The second-order valence-electron chi connectivity index (χ2n) is 5.47. The molecule has 1 amide bonds. The van der Waals surface area contributed by atoms with E-state index in [1.54, 1.807) is 10.9 Å². The number of anilines is 1. The molecule has 3 aromatic rings. The molecule has 1 N–H and O–H groups in total. The zero-order valence-corrected chi connectivity index (χ0v) is 13.5. The number of benzene rings is 2. The van der Waals surface area contributed by atoms with Crippen LogP contribution in [0, 0.1) is 19.7 Å². The van der Waals surface area contributed by atoms with E-state index in [0.29, 0.717) is 5.69 Å². The molecule has 1 heterocycles. The number of hydrogen-bond acceptors (Lipinski definition) is 2. The molecule has 0 atom stereocenters. The van der Waals surface area contributed by atoms with Gasteiger partial charge < -0.3 is 9.88 Å². The number of carbonyl (C=O) groups is 1. The third-order valence-electron chi connectivity index (χ3n) is 3.76. The van der Waals surface area contributed by atoms with Gasteiger partial charge in [-0.25, -0.2) is 9.37 Å². The minimum atomic E-state index is -0.445. The molecule has 2 aromatic carbocycles. The van der Waals surface area contributed by atoms with Crippen molar-refractivity contribution in [3.05, 3.63) is 58.6 Å². The molecule has 1 aromatic heterocycles. The summed E-state index contributed by atoms with van der Waals surface area (Å²) >= 11 is 5.91. The fraction of sp³-hybridized carbons (Fsp3) is 0.176. The van der Waals surface area contributed by atoms with Crippen LogP contribution in [-0.4, -0.2) is 15.5 Å². The summed E-state index contributed by atoms with van der Waals surface area (Å²) in [5, 5.41) is 2.85. The highest BCUT2D eigenvalue weighted by Gasteiger charge is 2.11. The topological polar surface area (TPSA) is 46.9 Å². The Balaban J connectivity index is 1.81. The van der Waals surface area contributed by atoms with Crippen molar-refractivity contribution in [2.24, 2.45) is 0 Å². The molecule has 0 bridgehead atoms. The highest BCUT2D eigenvalue weighted by Crippen LogP contribution is 2.23. The van der Waals surface area contributed by atoms with Crippen LogP contribution >= 0.6 is 11.6 Å². The van der Waals surface area contributed by atoms with E-state index in [1.165, 1.54) is 12.1 Å². The standard InChI is InChI=1S/C17H15ClFN3O/c1-10-5-15-16(6-11(10)2)22(9-20-15)8-17(23)21-14-4-3-12(19)7-13(14)18/h3-7,9H,8H2,1-2H3,(H,21,23). The van der Waals surface area contributed by atoms with Gasteiger partial charge in [-0.05, 0) is 55.3 Å². The molecule has 0 saturated carbocycles. The first-order valence-corrected chi connectivity index (χ1v) is 7.49. The van der Waals surface area contributed by atoms with E-state index in [-0.39, 0.29) is 17.5 Å². The van der Waals surface area contributed by atoms with Crippen LogP contribution in [0.4, 0.5) is 10.1 Å². The van der Waals surface area contributed by atoms with Crippen LogP contribution in [-0.2, 0) is 11.3 Å². The molecular formula is C17H15ClFN3O. The van der Waals surface area contributed by atoms with Crippen molar-refractivity contribution in [3.8, 4) is 0 Å². The summed E-state index contributed by atoms with van der Waals surface area (Å²) in [6.45, 7) is 4.15. The summed E-state index contributed by atoms with van der Waals surface area (Å²) in [6, 6.07) is 7.86. The number of aryl methyl sites for hydroxylation is 2. The van der Waals surface area contributed by atoms with Gasteiger partial charge in [-0.3, -0.25) is 4.79 Å². The number of imidazole rings is 1. The summed E-state index contributed by atoms with van der Waals surface area (Å²) < 4.78 is 14.8. The molecule has 0 radical (unpaired) electrons. The summed E-state index contributed by atoms with van der Waals surface area (Å²) in [5.74, 6) is -0.699. The van der Waals surface area contributed by atoms with Gasteiger partial charge in [0, 0.05) is 0 Å². The number of nitrogens with one attached hydrogen (secondary N) is 1. The van der Waals surface area contributed by atoms with Gasteiger partial charge in [-0.15, -0.1) is 0 Å². The third-order valence-corrected chi connectivity index (χ3v) is 4.07. The second kappa shape index (κ2) is 6.01. The van der Waals surface area contributed by atoms with Crippen molar-refractivity contribution in [2.45, 2.75) is 20.4 Å². The lowest BCUT2D eigenvalue weighted by Crippen LogP contribution is -2.18. The number of rotatable bonds is 3. The van der Waals surface area contributed by atoms with Gasteiger partial charge >= 0.3 is 0 Å². The monoisotopic (exact) mass is 331 g/mol. The highest BCUT2D eigenvalue weighted by molar-refractivity contribution is 6.33. The van der Waals surface area contributed by atoms with Crippen LogP contribution in [0.3, 0.4) is 0 Å². The number of fused-ring (bicyclic) bond motifs is 1. The lowest BCUT2D eigenvalue weighted by molar-refractivity contribution is -0.116. The predicted octanol–water partition coefficient (Wildman–Crippen LogP) is 4.08. The minimum absolute atomic E-state index is 0.104. The zero-order chi connectivity index (χ0) is 16.6. The van der Waals surface area contributed by atoms with Gasteiger partial charge in [0.2, 0.25) is 5.91 Å². The Labute approximate surface area is 137 Å². The van der Waals surface area contributed by atoms with Crippen molar-refractivity contribution < 1.29 is 9.18 Å². The van der Waals surface area contributed by atoms with E-state index in [1.807, 2.05) is 26.0 Å². The second-order valence-corrected chi connectivity index (χ2v) is 5.88. The quantitative estimate of drug-likeness (QED) is 0.786. The largest absolute Gasteiger partial charge is 0.323 e. The molecule has 0 aliphatic carbocycles. The van der Waals surface area contributed by atoms with Gasteiger partial charge in [0.05, 0.1) is 28.1 Å². The maximum atomic E-state index is 13.0. The predicted molar refractivity (Wildman–Crippen MR) is 89.2 cm³/mol. The Hall–Kier alpha value is -2.40. The van der Waals surface area contributed by atoms with Gasteiger partial charge in [0.1, 0.15) is 12.4 Å². The van der Waals surface area contributed by atoms with Crippen molar-refractivity contribution >= 4 is 34.2 Å². The highest BCUT2D eigenvalue weighted by atomic mass is 35.5. The minimum Gasteiger partial charge on any atom is -0.323 e. The van der Waals surface area contributed by atoms with E-state index in [4.69, 9.17) is 11.6 Å². The fourth-order valence-electron chi connectivity index (χ4n) is 2.37. The first-order chi connectivity index (χ1) is 10.9. The summed E-state index contributed by atoms with van der Waals surface area (Å²) in [5.41, 5.74) is 4.43. The first-order valence-electron chi connectivity index (χ1n) is 7.11. The van der Waals surface area contributed by atoms with Crippen molar-refractivity contribution in [2.75, 3.05) is 5.32 Å². The number of aromatic nitrogens is 2. The van der Waals surface area contributed by atoms with Crippen molar-refractivity contribution in [3.63, 3.8) is 0 Å². The van der Waals surface area contributed by atoms with E-state index in [2.05, 4.69) is 10.3 Å². The lowest BCUT2D eigenvalue weighted by atomic mass is 10.1. The Kier molecular flexibility index (Phi) is 4.05. The normalized spacial score (nSPS) is 11.0. The molecule has 0 spiro atoms. The fourth-order valence-corrected chi connectivity index (χ4v) is 2.59. The third kappa shape index (κ3) is 3.19. The van der Waals surface area contributed by atoms with E-state index >= 15 is 0 Å². The van der Waals surface area contributed by atoms with Gasteiger partial charge in [0.15, 0.2) is 0 Å². The Morgan fingerprint density at radius 2 is 2.00 bits per heavy atom. The summed E-state index contributed by atoms with van der Waals surface area (Å²) in [4.78, 5) is 16.5. The van der Waals surface area contributed by atoms with Crippen LogP contribution in [0.5, 0.6) is 0 Å². The molecule has 118 valence electrons. The summed E-state index contributed by atoms with van der Waals surface area (Å²) in [6.07, 6.45) is 1.63. The molecular weight excluding hydrogens is 317 g/mol. The van der Waals surface area contributed by atoms with E-state index in [0.717, 1.165) is 28.2 Å². The zero-order valence-electron chi connectivity index (χ0n) is 12.7. The Bertz CT molecular complexity index is 904. The maximum Gasteiger partial charge on any atom is 0.244 e. The number of amides is 1. The Morgan fingerprint density at radius 3 is 2.74 bits per heavy atom. The average Bonchev–Trinajstić information content (AvgIpc) is 2.85. The lowest BCUT2D eigenvalue weighted by Gasteiger charge is -2.09.